The second-order valence-electron chi connectivity index (χ2n) is 11.9. The Morgan fingerprint density at radius 2 is 1.00 bits per heavy atom. The number of rotatable bonds is 10. The first-order valence-electron chi connectivity index (χ1n) is 13.5. The van der Waals surface area contributed by atoms with Gasteiger partial charge >= 0.3 is 0 Å². The largest absolute Gasteiger partial charge is 0.453 e. The van der Waals surface area contributed by atoms with Crippen LogP contribution in [0.4, 0.5) is 0 Å². The molecule has 11 heteroatoms. The first-order chi connectivity index (χ1) is 17.4. The molecule has 37 heavy (non-hydrogen) atoms. The van der Waals surface area contributed by atoms with Gasteiger partial charge in [0.1, 0.15) is 0 Å². The fraction of sp³-hybridized carbons (Fsp3) is 0.692. The van der Waals surface area contributed by atoms with E-state index in [0.717, 1.165) is 38.5 Å². The highest BCUT2D eigenvalue weighted by Crippen LogP contribution is 2.30. The highest BCUT2D eigenvalue weighted by Gasteiger charge is 2.39. The Labute approximate surface area is 221 Å². The van der Waals surface area contributed by atoms with Crippen LogP contribution in [0.5, 0.6) is 0 Å². The lowest BCUT2D eigenvalue weighted by Crippen LogP contribution is -2.52. The Morgan fingerprint density at radius 1 is 0.649 bits per heavy atom. The Hall–Kier alpha value is -1.93. The topological polar surface area (TPSA) is 102 Å². The Balaban J connectivity index is 1.22. The molecular formula is C26H40N2O7Si2. The van der Waals surface area contributed by atoms with Crippen LogP contribution < -0.4 is 0 Å². The van der Waals surface area contributed by atoms with Crippen molar-refractivity contribution in [3.63, 3.8) is 0 Å². The van der Waals surface area contributed by atoms with E-state index in [0.29, 0.717) is 25.3 Å². The maximum atomic E-state index is 12.1. The van der Waals surface area contributed by atoms with Gasteiger partial charge in [-0.05, 0) is 77.6 Å². The first-order valence-corrected chi connectivity index (χ1v) is 19.7. The van der Waals surface area contributed by atoms with Crippen LogP contribution in [0.1, 0.15) is 51.4 Å². The van der Waals surface area contributed by atoms with Crippen molar-refractivity contribution >= 4 is 40.3 Å². The third-order valence-electron chi connectivity index (χ3n) is 7.50. The third kappa shape index (κ3) is 7.14. The van der Waals surface area contributed by atoms with Crippen LogP contribution in [0.15, 0.2) is 24.3 Å². The van der Waals surface area contributed by atoms with Crippen molar-refractivity contribution in [1.82, 2.24) is 9.80 Å². The van der Waals surface area contributed by atoms with E-state index in [1.807, 2.05) is 0 Å². The zero-order chi connectivity index (χ0) is 26.8. The summed E-state index contributed by atoms with van der Waals surface area (Å²) in [4.78, 5) is 51.1. The van der Waals surface area contributed by atoms with E-state index in [-0.39, 0.29) is 47.9 Å². The van der Waals surface area contributed by atoms with Gasteiger partial charge in [-0.3, -0.25) is 29.0 Å². The minimum absolute atomic E-state index is 0.0148. The normalized spacial score (nSPS) is 29.2. The summed E-state index contributed by atoms with van der Waals surface area (Å²) in [6, 6.07) is -0.195. The molecule has 0 aromatic carbocycles. The van der Waals surface area contributed by atoms with Crippen LogP contribution in [0.25, 0.3) is 0 Å². The van der Waals surface area contributed by atoms with Crippen molar-refractivity contribution in [3.05, 3.63) is 24.3 Å². The molecule has 4 rings (SSSR count). The highest BCUT2D eigenvalue weighted by molar-refractivity contribution is 6.84. The van der Waals surface area contributed by atoms with Gasteiger partial charge in [0.05, 0.1) is 24.7 Å². The Morgan fingerprint density at radius 3 is 1.35 bits per heavy atom. The van der Waals surface area contributed by atoms with Crippen LogP contribution in [0.3, 0.4) is 0 Å². The summed E-state index contributed by atoms with van der Waals surface area (Å²) in [5.41, 5.74) is 0. The average molecular weight is 549 g/mol. The lowest BCUT2D eigenvalue weighted by molar-refractivity contribution is -0.143. The van der Waals surface area contributed by atoms with Crippen molar-refractivity contribution in [2.45, 2.75) is 102 Å². The minimum Gasteiger partial charge on any atom is -0.453 e. The average Bonchev–Trinajstić information content (AvgIpc) is 3.36. The quantitative estimate of drug-likeness (QED) is 0.305. The van der Waals surface area contributed by atoms with E-state index in [1.54, 1.807) is 0 Å². The summed E-state index contributed by atoms with van der Waals surface area (Å²) in [5, 5.41) is 0. The van der Waals surface area contributed by atoms with Gasteiger partial charge in [-0.15, -0.1) is 0 Å². The lowest BCUT2D eigenvalue weighted by Gasteiger charge is -2.38. The van der Waals surface area contributed by atoms with E-state index < -0.39 is 16.6 Å². The van der Waals surface area contributed by atoms with E-state index in [9.17, 15) is 19.2 Å². The standard InChI is InChI=1S/C26H40N2O7Si2/c1-36(2,17-33-21-9-5-7-19(15-21)27-23(29)11-12-24(27)30)35-37(3,4)18-34-22-10-6-8-20(16-22)28-25(31)13-14-26(28)32/h11-14,19-22H,5-10,15-18H2,1-4H3. The monoisotopic (exact) mass is 548 g/mol. The van der Waals surface area contributed by atoms with Gasteiger partial charge in [0.15, 0.2) is 16.6 Å². The molecule has 2 aliphatic heterocycles. The number of carbonyl (C=O) groups excluding carboxylic acids is 4. The molecule has 0 aromatic heterocycles. The second kappa shape index (κ2) is 11.4. The number of ether oxygens (including phenoxy) is 2. The molecule has 0 N–H and O–H groups in total. The molecule has 2 heterocycles. The predicted molar refractivity (Wildman–Crippen MR) is 142 cm³/mol. The fourth-order valence-corrected chi connectivity index (χ4v) is 13.7. The summed E-state index contributed by atoms with van der Waals surface area (Å²) in [6.45, 7) is 8.64. The van der Waals surface area contributed by atoms with Crippen molar-refractivity contribution in [1.29, 1.82) is 0 Å². The smallest absolute Gasteiger partial charge is 0.253 e. The summed E-state index contributed by atoms with van der Waals surface area (Å²) >= 11 is 0. The number of hydrogen-bond acceptors (Lipinski definition) is 7. The molecule has 4 atom stereocenters. The highest BCUT2D eigenvalue weighted by atomic mass is 28.4. The second-order valence-corrected chi connectivity index (χ2v) is 20.3. The van der Waals surface area contributed by atoms with Gasteiger partial charge in [0, 0.05) is 36.4 Å². The van der Waals surface area contributed by atoms with Crippen LogP contribution in [0, 0.1) is 0 Å². The van der Waals surface area contributed by atoms with E-state index in [4.69, 9.17) is 13.6 Å². The maximum absolute atomic E-state index is 12.1. The van der Waals surface area contributed by atoms with Gasteiger partial charge in [-0.25, -0.2) is 0 Å². The summed E-state index contributed by atoms with van der Waals surface area (Å²) in [6.07, 6.45) is 13.2. The van der Waals surface area contributed by atoms with E-state index in [1.165, 1.54) is 34.1 Å². The minimum atomic E-state index is -2.15. The molecule has 0 saturated heterocycles. The van der Waals surface area contributed by atoms with Crippen molar-refractivity contribution in [2.75, 3.05) is 12.5 Å². The molecule has 0 radical (unpaired) electrons. The lowest BCUT2D eigenvalue weighted by atomic mass is 9.92. The molecule has 2 aliphatic carbocycles. The summed E-state index contributed by atoms with van der Waals surface area (Å²) in [5.74, 6) is -0.885. The molecule has 204 valence electrons. The van der Waals surface area contributed by atoms with Gasteiger partial charge in [-0.2, -0.15) is 0 Å². The van der Waals surface area contributed by atoms with E-state index >= 15 is 0 Å². The third-order valence-corrected chi connectivity index (χ3v) is 13.6. The number of nitrogens with zero attached hydrogens (tertiary/aromatic N) is 2. The molecule has 4 unspecified atom stereocenters. The zero-order valence-electron chi connectivity index (χ0n) is 22.4. The molecule has 2 saturated carbocycles. The summed E-state index contributed by atoms with van der Waals surface area (Å²) < 4.78 is 19.3. The fourth-order valence-electron chi connectivity index (χ4n) is 6.00. The van der Waals surface area contributed by atoms with Crippen molar-refractivity contribution in [3.8, 4) is 0 Å². The molecule has 4 amide bonds. The number of carbonyl (C=O) groups is 4. The van der Waals surface area contributed by atoms with Gasteiger partial charge in [-0.1, -0.05) is 0 Å². The number of imide groups is 2. The van der Waals surface area contributed by atoms with Crippen molar-refractivity contribution in [2.24, 2.45) is 0 Å². The summed E-state index contributed by atoms with van der Waals surface area (Å²) in [7, 11) is -4.30. The SMILES string of the molecule is C[Si](C)(COC1CCCC(N2C(=O)C=CC2=O)C1)O[Si](C)(C)COC1CCCC(N2C(=O)C=CC2=O)C1. The van der Waals surface area contributed by atoms with Crippen LogP contribution >= 0.6 is 0 Å². The molecule has 0 spiro atoms. The molecule has 4 aliphatic rings. The molecule has 0 aromatic rings. The number of amides is 4. The van der Waals surface area contributed by atoms with Gasteiger partial charge in [0.25, 0.3) is 23.6 Å². The molecule has 9 nitrogen and oxygen atoms in total. The predicted octanol–water partition coefficient (Wildman–Crippen LogP) is 3.00. The van der Waals surface area contributed by atoms with Crippen LogP contribution in [-0.2, 0) is 32.8 Å². The van der Waals surface area contributed by atoms with E-state index in [2.05, 4.69) is 26.2 Å². The molecule has 0 bridgehead atoms. The molecular weight excluding hydrogens is 508 g/mol. The zero-order valence-corrected chi connectivity index (χ0v) is 24.4. The Kier molecular flexibility index (Phi) is 8.69. The molecule has 2 fully saturated rings. The number of hydrogen-bond donors (Lipinski definition) is 0. The van der Waals surface area contributed by atoms with Crippen molar-refractivity contribution < 1.29 is 32.8 Å². The van der Waals surface area contributed by atoms with Gasteiger partial charge < -0.3 is 13.6 Å². The van der Waals surface area contributed by atoms with Crippen LogP contribution in [-0.4, -0.2) is 86.8 Å². The van der Waals surface area contributed by atoms with Gasteiger partial charge in [0.2, 0.25) is 0 Å². The Bertz CT molecular complexity index is 868. The van der Waals surface area contributed by atoms with Crippen LogP contribution in [0.2, 0.25) is 26.2 Å². The first kappa shape index (κ1) is 28.1. The maximum Gasteiger partial charge on any atom is 0.253 e.